The van der Waals surface area contributed by atoms with Crippen molar-refractivity contribution >= 4 is 17.1 Å². The molecule has 4 atom stereocenters. The van der Waals surface area contributed by atoms with Crippen molar-refractivity contribution in [2.75, 3.05) is 19.6 Å². The first kappa shape index (κ1) is 33.7. The summed E-state index contributed by atoms with van der Waals surface area (Å²) in [6, 6.07) is 33.6. The van der Waals surface area contributed by atoms with E-state index in [2.05, 4.69) is 27.4 Å². The van der Waals surface area contributed by atoms with E-state index in [1.165, 1.54) is 0 Å². The van der Waals surface area contributed by atoms with Crippen molar-refractivity contribution in [3.8, 4) is 0 Å². The van der Waals surface area contributed by atoms with E-state index in [-0.39, 0.29) is 42.5 Å². The van der Waals surface area contributed by atoms with Crippen LogP contribution in [0.3, 0.4) is 0 Å². The highest BCUT2D eigenvalue weighted by molar-refractivity contribution is 5.75. The second-order valence-corrected chi connectivity index (χ2v) is 13.4. The minimum atomic E-state index is -0.572. The van der Waals surface area contributed by atoms with Crippen molar-refractivity contribution in [1.82, 2.24) is 25.1 Å². The first-order valence-electron chi connectivity index (χ1n) is 17.5. The Kier molecular flexibility index (Phi) is 10.4. The molecule has 7 rings (SSSR count). The quantitative estimate of drug-likeness (QED) is 0.145. The summed E-state index contributed by atoms with van der Waals surface area (Å²) in [7, 11) is 0. The molecule has 2 aliphatic heterocycles. The molecule has 0 unspecified atom stereocenters. The number of rotatable bonds is 10. The SMILES string of the molecule is C[C@@H]1[C@H](CN2CCC(n3c(=O)[nH]c4ccccc43)CC2)O[C@H](c2ccc(CNC(=O)NCc3ccccc3)cc2)O[C@@H]1c1ccc(CO)cc1. The number of ether oxygens (including phenoxy) is 2. The molecular formula is C40H45N5O5. The van der Waals surface area contributed by atoms with Crippen LogP contribution in [0.15, 0.2) is 108 Å². The molecule has 260 valence electrons. The number of aliphatic hydroxyl groups is 1. The fourth-order valence-electron chi connectivity index (χ4n) is 7.20. The van der Waals surface area contributed by atoms with Crippen molar-refractivity contribution in [3.05, 3.63) is 141 Å². The number of imidazole rings is 1. The van der Waals surface area contributed by atoms with E-state index in [0.717, 1.165) is 71.3 Å². The van der Waals surface area contributed by atoms with Crippen molar-refractivity contribution in [2.45, 2.75) is 64.0 Å². The zero-order valence-electron chi connectivity index (χ0n) is 28.3. The Morgan fingerprint density at radius 1 is 0.800 bits per heavy atom. The largest absolute Gasteiger partial charge is 0.392 e. The number of fused-ring (bicyclic) bond motifs is 1. The van der Waals surface area contributed by atoms with Gasteiger partial charge in [0.25, 0.3) is 0 Å². The van der Waals surface area contributed by atoms with Crippen LogP contribution >= 0.6 is 0 Å². The average Bonchev–Trinajstić information content (AvgIpc) is 3.50. The summed E-state index contributed by atoms with van der Waals surface area (Å²) in [5.74, 6) is 0.0676. The second-order valence-electron chi connectivity index (χ2n) is 13.4. The Morgan fingerprint density at radius 3 is 2.12 bits per heavy atom. The Morgan fingerprint density at radius 2 is 1.42 bits per heavy atom. The van der Waals surface area contributed by atoms with Gasteiger partial charge in [-0.2, -0.15) is 0 Å². The number of hydrogen-bond donors (Lipinski definition) is 4. The summed E-state index contributed by atoms with van der Waals surface area (Å²) in [6.07, 6.45) is 0.891. The lowest BCUT2D eigenvalue weighted by molar-refractivity contribution is -0.276. The number of benzene rings is 4. The smallest absolute Gasteiger partial charge is 0.326 e. The van der Waals surface area contributed by atoms with Crippen molar-refractivity contribution < 1.29 is 19.4 Å². The van der Waals surface area contributed by atoms with Gasteiger partial charge >= 0.3 is 11.7 Å². The number of nitrogens with one attached hydrogen (secondary N) is 3. The van der Waals surface area contributed by atoms with Gasteiger partial charge in [-0.15, -0.1) is 0 Å². The Hall–Kier alpha value is -4.74. The van der Waals surface area contributed by atoms with Crippen LogP contribution in [-0.2, 0) is 29.2 Å². The van der Waals surface area contributed by atoms with Gasteiger partial charge in [-0.05, 0) is 47.2 Å². The molecule has 0 aliphatic carbocycles. The van der Waals surface area contributed by atoms with Crippen LogP contribution in [0.5, 0.6) is 0 Å². The number of piperidine rings is 1. The number of urea groups is 1. The van der Waals surface area contributed by atoms with E-state index < -0.39 is 6.29 Å². The molecular weight excluding hydrogens is 630 g/mol. The minimum Gasteiger partial charge on any atom is -0.392 e. The van der Waals surface area contributed by atoms with Crippen molar-refractivity contribution in [1.29, 1.82) is 0 Å². The molecule has 3 heterocycles. The highest BCUT2D eigenvalue weighted by atomic mass is 16.7. The number of carbonyl (C=O) groups is 1. The molecule has 50 heavy (non-hydrogen) atoms. The molecule has 0 saturated carbocycles. The predicted octanol–water partition coefficient (Wildman–Crippen LogP) is 5.95. The number of nitrogens with zero attached hydrogens (tertiary/aromatic N) is 2. The first-order chi connectivity index (χ1) is 24.4. The van der Waals surface area contributed by atoms with E-state index >= 15 is 0 Å². The number of para-hydroxylation sites is 2. The normalized spacial score (nSPS) is 21.6. The van der Waals surface area contributed by atoms with Crippen molar-refractivity contribution in [3.63, 3.8) is 0 Å². The Balaban J connectivity index is 1.01. The van der Waals surface area contributed by atoms with Crippen LogP contribution in [0.2, 0.25) is 0 Å². The number of hydrogen-bond acceptors (Lipinski definition) is 6. The summed E-state index contributed by atoms with van der Waals surface area (Å²) in [5.41, 5.74) is 6.62. The zero-order chi connectivity index (χ0) is 34.5. The van der Waals surface area contributed by atoms with E-state index in [0.29, 0.717) is 13.1 Å². The summed E-state index contributed by atoms with van der Waals surface area (Å²) in [5, 5.41) is 15.4. The lowest BCUT2D eigenvalue weighted by Gasteiger charge is -2.44. The number of amides is 2. The van der Waals surface area contributed by atoms with Gasteiger partial charge in [0.1, 0.15) is 0 Å². The summed E-state index contributed by atoms with van der Waals surface area (Å²) in [4.78, 5) is 30.7. The molecule has 5 aromatic rings. The van der Waals surface area contributed by atoms with Gasteiger partial charge in [-0.25, -0.2) is 9.59 Å². The molecule has 0 spiro atoms. The topological polar surface area (TPSA) is 121 Å². The second kappa shape index (κ2) is 15.4. The van der Waals surface area contributed by atoms with Crippen LogP contribution in [-0.4, -0.2) is 51.3 Å². The Labute approximate surface area is 292 Å². The van der Waals surface area contributed by atoms with Gasteiger partial charge in [0.05, 0.1) is 29.8 Å². The number of H-pyrrole nitrogens is 1. The van der Waals surface area contributed by atoms with Crippen molar-refractivity contribution in [2.24, 2.45) is 5.92 Å². The third-order valence-corrected chi connectivity index (χ3v) is 10.1. The minimum absolute atomic E-state index is 0.00770. The van der Waals surface area contributed by atoms with Gasteiger partial charge in [0.2, 0.25) is 0 Å². The molecule has 2 fully saturated rings. The molecule has 0 bridgehead atoms. The molecule has 2 aliphatic rings. The van der Waals surface area contributed by atoms with Gasteiger partial charge in [0.15, 0.2) is 6.29 Å². The van der Waals surface area contributed by atoms with Crippen LogP contribution in [0.25, 0.3) is 11.0 Å². The van der Waals surface area contributed by atoms with Gasteiger partial charge in [-0.1, -0.05) is 97.9 Å². The van der Waals surface area contributed by atoms with E-state index in [9.17, 15) is 14.7 Å². The maximum atomic E-state index is 12.8. The fourth-order valence-corrected chi connectivity index (χ4v) is 7.20. The first-order valence-corrected chi connectivity index (χ1v) is 17.5. The van der Waals surface area contributed by atoms with Gasteiger partial charge in [0, 0.05) is 50.2 Å². The lowest BCUT2D eigenvalue weighted by atomic mass is 9.89. The predicted molar refractivity (Wildman–Crippen MR) is 192 cm³/mol. The van der Waals surface area contributed by atoms with E-state index in [1.54, 1.807) is 0 Å². The third kappa shape index (κ3) is 7.69. The zero-order valence-corrected chi connectivity index (χ0v) is 28.3. The molecule has 4 aromatic carbocycles. The number of aromatic nitrogens is 2. The van der Waals surface area contributed by atoms with Crippen LogP contribution < -0.4 is 16.3 Å². The molecule has 1 aromatic heterocycles. The molecule has 10 heteroatoms. The lowest BCUT2D eigenvalue weighted by Crippen LogP contribution is -2.47. The van der Waals surface area contributed by atoms with Crippen LogP contribution in [0, 0.1) is 5.92 Å². The number of aromatic amines is 1. The number of aliphatic hydroxyl groups excluding tert-OH is 1. The fraction of sp³-hybridized carbons (Fsp3) is 0.350. The van der Waals surface area contributed by atoms with Gasteiger partial charge < -0.3 is 35.1 Å². The summed E-state index contributed by atoms with van der Waals surface area (Å²) < 4.78 is 15.3. The van der Waals surface area contributed by atoms with E-state index in [1.807, 2.05) is 108 Å². The molecule has 10 nitrogen and oxygen atoms in total. The number of carbonyl (C=O) groups excluding carboxylic acids is 1. The molecule has 4 N–H and O–H groups in total. The maximum Gasteiger partial charge on any atom is 0.326 e. The molecule has 2 saturated heterocycles. The third-order valence-electron chi connectivity index (χ3n) is 10.1. The number of likely N-dealkylation sites (tertiary alicyclic amines) is 1. The highest BCUT2D eigenvalue weighted by Crippen LogP contribution is 2.42. The highest BCUT2D eigenvalue weighted by Gasteiger charge is 2.39. The summed E-state index contributed by atoms with van der Waals surface area (Å²) in [6.45, 7) is 5.52. The monoisotopic (exact) mass is 675 g/mol. The maximum absolute atomic E-state index is 12.8. The van der Waals surface area contributed by atoms with E-state index in [4.69, 9.17) is 9.47 Å². The molecule has 2 amide bonds. The standard InChI is InChI=1S/C40H45N5O5/c1-27-36(25-44-21-19-33(20-22-44)45-35-10-6-5-9-34(35)43-40(45)48)49-38(50-37(27)31-15-13-30(26-46)14-16-31)32-17-11-29(12-18-32)24-42-39(47)41-23-28-7-3-2-4-8-28/h2-18,27,33,36-38,46H,19-26H2,1H3,(H,43,48)(H2,41,42,47)/t27-,36+,37+,38+/m1/s1. The van der Waals surface area contributed by atoms with Crippen LogP contribution in [0.4, 0.5) is 4.79 Å². The summed E-state index contributed by atoms with van der Waals surface area (Å²) >= 11 is 0. The molecule has 0 radical (unpaired) electrons. The average molecular weight is 676 g/mol. The Bertz CT molecular complexity index is 1920. The van der Waals surface area contributed by atoms with Crippen LogP contribution in [0.1, 0.15) is 66.0 Å². The van der Waals surface area contributed by atoms with Gasteiger partial charge in [-0.3, -0.25) is 4.57 Å².